The molecule has 6 atom stereocenters. The van der Waals surface area contributed by atoms with Gasteiger partial charge in [-0.3, -0.25) is 4.79 Å². The van der Waals surface area contributed by atoms with E-state index in [4.69, 9.17) is 23.7 Å². The van der Waals surface area contributed by atoms with Crippen LogP contribution in [0.1, 0.15) is 24.3 Å². The maximum Gasteiger partial charge on any atom is 0.329 e. The molecule has 2 aliphatic heterocycles. The molecule has 1 amide bonds. The molecule has 0 bridgehead atoms. The Morgan fingerprint density at radius 1 is 1.03 bits per heavy atom. The number of nitrogens with one attached hydrogen (secondary N) is 1. The quantitative estimate of drug-likeness (QED) is 0.619. The normalized spacial score (nSPS) is 29.1. The molecule has 0 unspecified atom stereocenters. The summed E-state index contributed by atoms with van der Waals surface area (Å²) in [6, 6.07) is 18.1. The van der Waals surface area contributed by atoms with Crippen molar-refractivity contribution in [3.05, 3.63) is 71.8 Å². The van der Waals surface area contributed by atoms with Crippen molar-refractivity contribution < 1.29 is 38.4 Å². The monoisotopic (exact) mass is 457 g/mol. The Labute approximate surface area is 191 Å². The lowest BCUT2D eigenvalue weighted by atomic mass is 9.95. The van der Waals surface area contributed by atoms with Gasteiger partial charge in [-0.25, -0.2) is 4.79 Å². The number of hydrogen-bond acceptors (Lipinski definition) is 7. The summed E-state index contributed by atoms with van der Waals surface area (Å²) < 4.78 is 29.9. The Balaban J connectivity index is 1.56. The average Bonchev–Trinajstić information content (AvgIpc) is 2.82. The summed E-state index contributed by atoms with van der Waals surface area (Å²) in [7, 11) is 0. The van der Waals surface area contributed by atoms with Gasteiger partial charge in [0.05, 0.1) is 13.2 Å². The molecular formula is C24H27NO8. The third-order valence-corrected chi connectivity index (χ3v) is 5.44. The number of carboxylic acids is 1. The fraction of sp³-hybridized carbons (Fsp3) is 0.417. The van der Waals surface area contributed by atoms with Gasteiger partial charge in [0.15, 0.2) is 12.6 Å². The topological polar surface area (TPSA) is 113 Å². The zero-order valence-corrected chi connectivity index (χ0v) is 18.2. The van der Waals surface area contributed by atoms with E-state index in [9.17, 15) is 14.7 Å². The second-order valence-corrected chi connectivity index (χ2v) is 7.91. The Morgan fingerprint density at radius 2 is 1.73 bits per heavy atom. The summed E-state index contributed by atoms with van der Waals surface area (Å²) in [4.78, 5) is 23.3. The summed E-state index contributed by atoms with van der Waals surface area (Å²) in [5.74, 6) is -1.46. The molecule has 4 rings (SSSR count). The number of ether oxygens (including phenoxy) is 5. The van der Waals surface area contributed by atoms with Crippen molar-refractivity contribution in [1.29, 1.82) is 0 Å². The Bertz CT molecular complexity index is 925. The summed E-state index contributed by atoms with van der Waals surface area (Å²) >= 11 is 0. The number of carbonyl (C=O) groups is 2. The first-order valence-corrected chi connectivity index (χ1v) is 10.7. The van der Waals surface area contributed by atoms with Crippen LogP contribution in [0.4, 0.5) is 0 Å². The van der Waals surface area contributed by atoms with Crippen LogP contribution in [-0.4, -0.2) is 60.8 Å². The Hall–Kier alpha value is -2.82. The lowest BCUT2D eigenvalue weighted by Crippen LogP contribution is -2.67. The first kappa shape index (κ1) is 23.3. The summed E-state index contributed by atoms with van der Waals surface area (Å²) in [6.45, 7) is 1.23. The first-order valence-electron chi connectivity index (χ1n) is 10.7. The maximum absolute atomic E-state index is 12.0. The van der Waals surface area contributed by atoms with Crippen molar-refractivity contribution in [3.8, 4) is 0 Å². The van der Waals surface area contributed by atoms with Gasteiger partial charge in [0, 0.05) is 12.5 Å². The smallest absolute Gasteiger partial charge is 0.329 e. The number of benzene rings is 2. The summed E-state index contributed by atoms with van der Waals surface area (Å²) in [5.41, 5.74) is 1.74. The molecule has 2 aromatic rings. The molecule has 0 saturated carbocycles. The number of carbonyl (C=O) groups excluding carboxylic acids is 1. The van der Waals surface area contributed by atoms with Crippen LogP contribution < -0.4 is 5.32 Å². The van der Waals surface area contributed by atoms with E-state index in [1.54, 1.807) is 0 Å². The average molecular weight is 457 g/mol. The molecule has 0 radical (unpaired) electrons. The van der Waals surface area contributed by atoms with Gasteiger partial charge in [-0.05, 0) is 5.56 Å². The minimum atomic E-state index is -1.13. The van der Waals surface area contributed by atoms with Crippen molar-refractivity contribution in [1.82, 2.24) is 5.32 Å². The van der Waals surface area contributed by atoms with Crippen molar-refractivity contribution in [3.63, 3.8) is 0 Å². The zero-order valence-electron chi connectivity index (χ0n) is 18.2. The van der Waals surface area contributed by atoms with Gasteiger partial charge in [0.25, 0.3) is 0 Å². The molecule has 176 valence electrons. The van der Waals surface area contributed by atoms with Crippen LogP contribution in [0.5, 0.6) is 0 Å². The standard InChI is InChI=1S/C24H27NO8/c1-15(26)25-20-22(29-14-19(27)28)21-18(13-31-23(33-21)17-10-6-3-7-11-17)32-24(20)30-12-16-8-4-2-5-9-16/h2-11,18,20-24H,12-14H2,1H3,(H,25,26)(H,27,28)/t18-,20-,21+,22+,23+,24+/m1/s1. The lowest BCUT2D eigenvalue weighted by molar-refractivity contribution is -0.349. The van der Waals surface area contributed by atoms with Crippen molar-refractivity contribution in [2.24, 2.45) is 0 Å². The molecule has 2 fully saturated rings. The molecule has 2 N–H and O–H groups in total. The van der Waals surface area contributed by atoms with E-state index in [0.29, 0.717) is 0 Å². The molecule has 2 aliphatic rings. The van der Waals surface area contributed by atoms with E-state index in [2.05, 4.69) is 5.32 Å². The minimum absolute atomic E-state index is 0.190. The summed E-state index contributed by atoms with van der Waals surface area (Å²) in [6.07, 6.45) is -3.66. The molecule has 33 heavy (non-hydrogen) atoms. The third-order valence-electron chi connectivity index (χ3n) is 5.44. The molecule has 2 aromatic carbocycles. The minimum Gasteiger partial charge on any atom is -0.480 e. The number of amides is 1. The molecule has 2 heterocycles. The van der Waals surface area contributed by atoms with E-state index in [1.165, 1.54) is 6.92 Å². The number of fused-ring (bicyclic) bond motifs is 1. The van der Waals surface area contributed by atoms with Gasteiger partial charge < -0.3 is 34.1 Å². The van der Waals surface area contributed by atoms with Crippen molar-refractivity contribution in [2.75, 3.05) is 13.2 Å². The zero-order chi connectivity index (χ0) is 23.2. The molecule has 0 aliphatic carbocycles. The van der Waals surface area contributed by atoms with Crippen molar-refractivity contribution >= 4 is 11.9 Å². The Morgan fingerprint density at radius 3 is 2.39 bits per heavy atom. The largest absolute Gasteiger partial charge is 0.480 e. The van der Waals surface area contributed by atoms with E-state index >= 15 is 0 Å². The van der Waals surface area contributed by atoms with Crippen molar-refractivity contribution in [2.45, 2.75) is 50.5 Å². The lowest BCUT2D eigenvalue weighted by Gasteiger charge is -2.49. The van der Waals surface area contributed by atoms with Crippen LogP contribution in [0, 0.1) is 0 Å². The molecule has 9 heteroatoms. The van der Waals surface area contributed by atoms with Crippen LogP contribution in [0.3, 0.4) is 0 Å². The highest BCUT2D eigenvalue weighted by atomic mass is 16.8. The second kappa shape index (κ2) is 10.9. The van der Waals surface area contributed by atoms with E-state index in [-0.39, 0.29) is 19.1 Å². The van der Waals surface area contributed by atoms with Crippen LogP contribution in [0.15, 0.2) is 60.7 Å². The van der Waals surface area contributed by atoms with Crippen LogP contribution in [-0.2, 0) is 39.9 Å². The van der Waals surface area contributed by atoms with Gasteiger partial charge in [0.2, 0.25) is 5.91 Å². The van der Waals surface area contributed by atoms with Crippen LogP contribution in [0.2, 0.25) is 0 Å². The third kappa shape index (κ3) is 5.95. The fourth-order valence-electron chi connectivity index (χ4n) is 4.00. The molecule has 9 nitrogen and oxygen atoms in total. The Kier molecular flexibility index (Phi) is 7.69. The molecule has 0 spiro atoms. The number of rotatable bonds is 8. The predicted octanol–water partition coefficient (Wildman–Crippen LogP) is 2.02. The fourth-order valence-corrected chi connectivity index (χ4v) is 4.00. The molecule has 0 aromatic heterocycles. The molecular weight excluding hydrogens is 430 g/mol. The van der Waals surface area contributed by atoms with E-state index < -0.39 is 49.5 Å². The SMILES string of the molecule is CC(=O)N[C@H]1[C@@H](OCc2ccccc2)O[C@@H]2CO[C@H](c3ccccc3)O[C@@H]2[C@H]1OCC(=O)O. The number of aliphatic carboxylic acids is 1. The van der Waals surface area contributed by atoms with Gasteiger partial charge in [-0.1, -0.05) is 60.7 Å². The van der Waals surface area contributed by atoms with E-state index in [0.717, 1.165) is 11.1 Å². The van der Waals surface area contributed by atoms with Gasteiger partial charge in [-0.15, -0.1) is 0 Å². The number of hydrogen-bond donors (Lipinski definition) is 2. The first-order chi connectivity index (χ1) is 16.0. The highest BCUT2D eigenvalue weighted by Crippen LogP contribution is 2.35. The van der Waals surface area contributed by atoms with Crippen LogP contribution >= 0.6 is 0 Å². The van der Waals surface area contributed by atoms with Gasteiger partial charge in [0.1, 0.15) is 31.0 Å². The van der Waals surface area contributed by atoms with Gasteiger partial charge >= 0.3 is 5.97 Å². The second-order valence-electron chi connectivity index (χ2n) is 7.91. The van der Waals surface area contributed by atoms with Gasteiger partial charge in [-0.2, -0.15) is 0 Å². The van der Waals surface area contributed by atoms with E-state index in [1.807, 2.05) is 60.7 Å². The molecule has 2 saturated heterocycles. The van der Waals surface area contributed by atoms with Crippen LogP contribution in [0.25, 0.3) is 0 Å². The maximum atomic E-state index is 12.0. The predicted molar refractivity (Wildman–Crippen MR) is 115 cm³/mol. The highest BCUT2D eigenvalue weighted by Gasteiger charge is 2.51. The highest BCUT2D eigenvalue weighted by molar-refractivity contribution is 5.73. The summed E-state index contributed by atoms with van der Waals surface area (Å²) in [5, 5.41) is 12.0. The number of carboxylic acid groups (broad SMARTS) is 1.